The molecule has 0 saturated heterocycles. The summed E-state index contributed by atoms with van der Waals surface area (Å²) in [6.07, 6.45) is -0.271. The fourth-order valence-electron chi connectivity index (χ4n) is 6.17. The summed E-state index contributed by atoms with van der Waals surface area (Å²) in [5.74, 6) is -0.573. The van der Waals surface area contributed by atoms with Crippen LogP contribution < -0.4 is 0 Å². The second kappa shape index (κ2) is 7.80. The molecule has 33 heavy (non-hydrogen) atoms. The van der Waals surface area contributed by atoms with Gasteiger partial charge in [0.05, 0.1) is 17.4 Å². The second-order valence-corrected chi connectivity index (χ2v) is 10.3. The molecule has 1 saturated carbocycles. The van der Waals surface area contributed by atoms with Gasteiger partial charge in [0.2, 0.25) is 0 Å². The van der Waals surface area contributed by atoms with Crippen LogP contribution in [0.5, 0.6) is 0 Å². The molecule has 3 atom stereocenters. The predicted molar refractivity (Wildman–Crippen MR) is 122 cm³/mol. The first-order chi connectivity index (χ1) is 15.6. The summed E-state index contributed by atoms with van der Waals surface area (Å²) in [6.45, 7) is 2.04. The average Bonchev–Trinajstić information content (AvgIpc) is 3.12. The molecule has 0 radical (unpaired) electrons. The van der Waals surface area contributed by atoms with Crippen molar-refractivity contribution in [3.63, 3.8) is 0 Å². The Morgan fingerprint density at radius 1 is 1.21 bits per heavy atom. The minimum atomic E-state index is -4.62. The van der Waals surface area contributed by atoms with E-state index in [1.807, 2.05) is 6.92 Å². The van der Waals surface area contributed by atoms with Gasteiger partial charge < -0.3 is 5.11 Å². The van der Waals surface area contributed by atoms with Gasteiger partial charge in [0.15, 0.2) is 5.60 Å². The molecule has 1 N–H and O–H groups in total. The molecule has 5 rings (SSSR count). The first kappa shape index (κ1) is 22.8. The Bertz CT molecular complexity index is 1210. The quantitative estimate of drug-likeness (QED) is 0.366. The summed E-state index contributed by atoms with van der Waals surface area (Å²) < 4.78 is 57.1. The SMILES string of the molecule is CCC12CCC(O)(C(F)(F)F)CC1CCCc1c2cc2cnn(-c3ccc(F)cc3)c2c1Br. The Morgan fingerprint density at radius 2 is 1.94 bits per heavy atom. The Balaban J connectivity index is 1.66. The summed E-state index contributed by atoms with van der Waals surface area (Å²) in [4.78, 5) is 0. The van der Waals surface area contributed by atoms with Gasteiger partial charge >= 0.3 is 6.18 Å². The third-order valence-corrected chi connectivity index (χ3v) is 8.85. The highest BCUT2D eigenvalue weighted by Gasteiger charge is 2.60. The van der Waals surface area contributed by atoms with Crippen molar-refractivity contribution in [2.45, 2.75) is 69.1 Å². The van der Waals surface area contributed by atoms with Crippen LogP contribution in [0.2, 0.25) is 0 Å². The van der Waals surface area contributed by atoms with E-state index in [9.17, 15) is 22.7 Å². The van der Waals surface area contributed by atoms with Gasteiger partial charge in [0.25, 0.3) is 0 Å². The molecular formula is C25H25BrF4N2O. The maximum Gasteiger partial charge on any atom is 0.417 e. The second-order valence-electron chi connectivity index (χ2n) is 9.52. The minimum Gasteiger partial charge on any atom is -0.380 e. The molecule has 1 heterocycles. The molecular weight excluding hydrogens is 500 g/mol. The molecule has 0 aliphatic heterocycles. The number of rotatable bonds is 2. The van der Waals surface area contributed by atoms with Crippen LogP contribution in [-0.4, -0.2) is 26.7 Å². The number of hydrogen-bond acceptors (Lipinski definition) is 2. The lowest BCUT2D eigenvalue weighted by Crippen LogP contribution is -2.54. The number of aromatic nitrogens is 2. The van der Waals surface area contributed by atoms with E-state index in [2.05, 4.69) is 27.1 Å². The summed E-state index contributed by atoms with van der Waals surface area (Å²) >= 11 is 3.80. The van der Waals surface area contributed by atoms with Crippen molar-refractivity contribution in [1.82, 2.24) is 9.78 Å². The molecule has 0 spiro atoms. The highest BCUT2D eigenvalue weighted by Crippen LogP contribution is 2.57. The topological polar surface area (TPSA) is 38.1 Å². The van der Waals surface area contributed by atoms with Gasteiger partial charge in [-0.1, -0.05) is 6.92 Å². The Labute approximate surface area is 197 Å². The first-order valence-corrected chi connectivity index (χ1v) is 12.1. The Kier molecular flexibility index (Phi) is 5.40. The van der Waals surface area contributed by atoms with Crippen LogP contribution >= 0.6 is 15.9 Å². The largest absolute Gasteiger partial charge is 0.417 e. The van der Waals surface area contributed by atoms with E-state index in [0.29, 0.717) is 19.3 Å². The number of fused-ring (bicyclic) bond motifs is 4. The van der Waals surface area contributed by atoms with E-state index < -0.39 is 17.2 Å². The van der Waals surface area contributed by atoms with Crippen molar-refractivity contribution in [3.05, 3.63) is 57.9 Å². The van der Waals surface area contributed by atoms with E-state index in [0.717, 1.165) is 45.0 Å². The first-order valence-electron chi connectivity index (χ1n) is 11.3. The molecule has 0 bridgehead atoms. The smallest absolute Gasteiger partial charge is 0.380 e. The van der Waals surface area contributed by atoms with Gasteiger partial charge in [-0.2, -0.15) is 18.3 Å². The zero-order chi connectivity index (χ0) is 23.6. The highest BCUT2D eigenvalue weighted by molar-refractivity contribution is 9.10. The molecule has 3 nitrogen and oxygen atoms in total. The van der Waals surface area contributed by atoms with Gasteiger partial charge in [-0.25, -0.2) is 9.07 Å². The number of aliphatic hydroxyl groups is 1. The molecule has 1 fully saturated rings. The minimum absolute atomic E-state index is 0.249. The van der Waals surface area contributed by atoms with Crippen molar-refractivity contribution < 1.29 is 22.7 Å². The predicted octanol–water partition coefficient (Wildman–Crippen LogP) is 7.00. The van der Waals surface area contributed by atoms with Crippen LogP contribution in [0.25, 0.3) is 16.6 Å². The number of halogens is 5. The molecule has 3 aromatic rings. The van der Waals surface area contributed by atoms with Gasteiger partial charge in [0, 0.05) is 9.86 Å². The number of nitrogens with zero attached hydrogens (tertiary/aromatic N) is 2. The Hall–Kier alpha value is -1.93. The van der Waals surface area contributed by atoms with Crippen LogP contribution in [0.1, 0.15) is 56.6 Å². The van der Waals surface area contributed by atoms with Crippen LogP contribution in [0, 0.1) is 11.7 Å². The summed E-state index contributed by atoms with van der Waals surface area (Å²) in [6, 6.07) is 8.20. The van der Waals surface area contributed by atoms with Gasteiger partial charge in [0.1, 0.15) is 5.82 Å². The maximum absolute atomic E-state index is 13.7. The Morgan fingerprint density at radius 3 is 2.61 bits per heavy atom. The zero-order valence-electron chi connectivity index (χ0n) is 18.2. The normalized spacial score (nSPS) is 27.8. The van der Waals surface area contributed by atoms with Crippen molar-refractivity contribution in [1.29, 1.82) is 0 Å². The van der Waals surface area contributed by atoms with E-state index in [-0.39, 0.29) is 24.6 Å². The van der Waals surface area contributed by atoms with E-state index in [4.69, 9.17) is 0 Å². The molecule has 2 aliphatic carbocycles. The van der Waals surface area contributed by atoms with Crippen LogP contribution in [-0.2, 0) is 11.8 Å². The highest BCUT2D eigenvalue weighted by atomic mass is 79.9. The average molecular weight is 525 g/mol. The third kappa shape index (κ3) is 3.43. The van der Waals surface area contributed by atoms with Crippen molar-refractivity contribution in [2.75, 3.05) is 0 Å². The number of benzene rings is 2. The number of hydrogen-bond donors (Lipinski definition) is 1. The monoisotopic (exact) mass is 524 g/mol. The van der Waals surface area contributed by atoms with Gasteiger partial charge in [-0.05, 0) is 114 Å². The molecule has 3 unspecified atom stereocenters. The molecule has 8 heteroatoms. The van der Waals surface area contributed by atoms with Crippen LogP contribution in [0.3, 0.4) is 0 Å². The van der Waals surface area contributed by atoms with E-state index in [1.54, 1.807) is 23.0 Å². The van der Waals surface area contributed by atoms with E-state index >= 15 is 0 Å². The summed E-state index contributed by atoms with van der Waals surface area (Å²) in [7, 11) is 0. The van der Waals surface area contributed by atoms with Crippen LogP contribution in [0.4, 0.5) is 17.6 Å². The van der Waals surface area contributed by atoms with Crippen LogP contribution in [0.15, 0.2) is 41.0 Å². The molecule has 176 valence electrons. The zero-order valence-corrected chi connectivity index (χ0v) is 19.8. The fraction of sp³-hybridized carbons (Fsp3) is 0.480. The molecule has 2 aromatic carbocycles. The molecule has 0 amide bonds. The lowest BCUT2D eigenvalue weighted by molar-refractivity contribution is -0.279. The fourth-order valence-corrected chi connectivity index (χ4v) is 6.98. The third-order valence-electron chi connectivity index (χ3n) is 7.99. The van der Waals surface area contributed by atoms with Crippen molar-refractivity contribution >= 4 is 26.8 Å². The number of alkyl halides is 3. The standard InChI is InChI=1S/C25H25BrF4N2O/c1-2-23-10-11-24(33,25(28,29)30)13-16(23)4-3-5-19-20(23)12-15-14-31-32(22(15)21(19)26)18-8-6-17(27)7-9-18/h6-9,12,14,16,33H,2-5,10-11,13H2,1H3. The lowest BCUT2D eigenvalue weighted by atomic mass is 9.56. The lowest BCUT2D eigenvalue weighted by Gasteiger charge is -2.50. The van der Waals surface area contributed by atoms with Crippen molar-refractivity contribution in [2.24, 2.45) is 5.92 Å². The maximum atomic E-state index is 13.7. The van der Waals surface area contributed by atoms with Gasteiger partial charge in [-0.15, -0.1) is 0 Å². The molecule has 1 aromatic heterocycles. The molecule has 2 aliphatic rings. The van der Waals surface area contributed by atoms with E-state index in [1.165, 1.54) is 12.1 Å². The summed E-state index contributed by atoms with van der Waals surface area (Å²) in [5, 5.41) is 15.9. The van der Waals surface area contributed by atoms with Crippen molar-refractivity contribution in [3.8, 4) is 5.69 Å². The van der Waals surface area contributed by atoms with Gasteiger partial charge in [-0.3, -0.25) is 0 Å². The summed E-state index contributed by atoms with van der Waals surface area (Å²) in [5.41, 5.74) is 0.750.